The van der Waals surface area contributed by atoms with Crippen molar-refractivity contribution in [1.82, 2.24) is 4.90 Å². The van der Waals surface area contributed by atoms with Gasteiger partial charge in [-0.25, -0.2) is 4.79 Å². The molecule has 4 N–H and O–H groups in total. The van der Waals surface area contributed by atoms with E-state index in [2.05, 4.69) is 6.92 Å². The van der Waals surface area contributed by atoms with E-state index in [9.17, 15) is 24.3 Å². The number of carbonyl (C=O) groups excluding carboxylic acids is 2. The molecule has 0 heterocycles. The average Bonchev–Trinajstić information content (AvgIpc) is 2.78. The summed E-state index contributed by atoms with van der Waals surface area (Å²) in [5, 5.41) is 18.4. The molecule has 0 aromatic heterocycles. The molecule has 0 saturated carbocycles. The van der Waals surface area contributed by atoms with Gasteiger partial charge in [0.25, 0.3) is 0 Å². The van der Waals surface area contributed by atoms with Crippen molar-refractivity contribution in [3.8, 4) is 0 Å². The summed E-state index contributed by atoms with van der Waals surface area (Å²) < 4.78 is 0. The van der Waals surface area contributed by atoms with Crippen molar-refractivity contribution in [2.24, 2.45) is 5.73 Å². The minimum absolute atomic E-state index is 0. The van der Waals surface area contributed by atoms with Gasteiger partial charge in [0.15, 0.2) is 0 Å². The number of hydrogen-bond acceptors (Lipinski definition) is 4. The van der Waals surface area contributed by atoms with Gasteiger partial charge < -0.3 is 20.8 Å². The molecule has 1 unspecified atom stereocenters. The second-order valence-corrected chi connectivity index (χ2v) is 9.31. The van der Waals surface area contributed by atoms with Gasteiger partial charge in [-0.15, -0.1) is 0 Å². The molecule has 202 valence electrons. The summed E-state index contributed by atoms with van der Waals surface area (Å²) in [6, 6.07) is -1.44. The van der Waals surface area contributed by atoms with Crippen LogP contribution in [0, 0.1) is 0 Å². The molecule has 38 heavy (non-hydrogen) atoms. The number of hydrogen-bond donors (Lipinski definition) is 3. The third-order valence-electron chi connectivity index (χ3n) is 6.19. The molecule has 0 rings (SSSR count). The van der Waals surface area contributed by atoms with Crippen LogP contribution in [0.3, 0.4) is 0 Å². The van der Waals surface area contributed by atoms with E-state index in [1.165, 1.54) is 77.0 Å². The van der Waals surface area contributed by atoms with Crippen LogP contribution in [-0.4, -0.2) is 170 Å². The third-order valence-corrected chi connectivity index (χ3v) is 6.19. The normalized spacial score (nSPS) is 10.6. The maximum absolute atomic E-state index is 12.4. The number of primary amides is 1. The number of carbonyl (C=O) groups is 4. The van der Waals surface area contributed by atoms with E-state index in [4.69, 9.17) is 10.8 Å². The Morgan fingerprint density at radius 1 is 0.632 bits per heavy atom. The summed E-state index contributed by atoms with van der Waals surface area (Å²) in [4.78, 5) is 47.1. The predicted octanol–water partition coefficient (Wildman–Crippen LogP) is 3.75. The van der Waals surface area contributed by atoms with E-state index in [0.29, 0.717) is 6.42 Å². The van der Waals surface area contributed by atoms with Crippen molar-refractivity contribution in [3.05, 3.63) is 0 Å². The van der Waals surface area contributed by atoms with E-state index in [-0.39, 0.29) is 138 Å². The average molecular weight is 577 g/mol. The Balaban J connectivity index is -0.000000907. The van der Waals surface area contributed by atoms with Gasteiger partial charge in [-0.3, -0.25) is 14.4 Å². The molecular formula is C26H48N2Na4O6. The minimum Gasteiger partial charge on any atom is -0.481 e. The number of carboxylic acids is 2. The molecule has 0 saturated heterocycles. The van der Waals surface area contributed by atoms with Crippen molar-refractivity contribution in [3.63, 3.8) is 0 Å². The second kappa shape index (κ2) is 35.1. The summed E-state index contributed by atoms with van der Waals surface area (Å²) >= 11 is 0. The number of unbranched alkanes of at least 4 members (excludes halogenated alkanes) is 15. The molecule has 0 aromatic rings. The smallest absolute Gasteiger partial charge is 0.327 e. The van der Waals surface area contributed by atoms with Crippen LogP contribution in [0.4, 0.5) is 0 Å². The van der Waals surface area contributed by atoms with Gasteiger partial charge in [0.1, 0.15) is 6.04 Å². The number of rotatable bonds is 24. The summed E-state index contributed by atoms with van der Waals surface area (Å²) in [5.74, 6) is -3.84. The monoisotopic (exact) mass is 576 g/mol. The second-order valence-electron chi connectivity index (χ2n) is 9.31. The summed E-state index contributed by atoms with van der Waals surface area (Å²) in [6.07, 6.45) is 18.3. The molecule has 2 amide bonds. The van der Waals surface area contributed by atoms with E-state index in [1.807, 2.05) is 0 Å². The van der Waals surface area contributed by atoms with E-state index >= 15 is 0 Å². The van der Waals surface area contributed by atoms with Gasteiger partial charge in [0.05, 0.1) is 6.42 Å². The molecule has 0 aliphatic carbocycles. The van der Waals surface area contributed by atoms with Crippen LogP contribution in [0.5, 0.6) is 0 Å². The zero-order valence-corrected chi connectivity index (χ0v) is 33.3. The zero-order valence-electron chi connectivity index (χ0n) is 25.3. The minimum atomic E-state index is -1.44. The van der Waals surface area contributed by atoms with Crippen LogP contribution in [0.25, 0.3) is 0 Å². The van der Waals surface area contributed by atoms with Crippen molar-refractivity contribution >= 4 is 142 Å². The Morgan fingerprint density at radius 3 is 1.32 bits per heavy atom. The number of amides is 2. The molecule has 0 bridgehead atoms. The Bertz CT molecular complexity index is 600. The van der Waals surface area contributed by atoms with Crippen LogP contribution in [-0.2, 0) is 19.2 Å². The van der Waals surface area contributed by atoms with Crippen LogP contribution in [0.2, 0.25) is 0 Å². The Hall–Kier alpha value is 1.88. The first-order valence-electron chi connectivity index (χ1n) is 13.3. The third kappa shape index (κ3) is 30.8. The van der Waals surface area contributed by atoms with Gasteiger partial charge in [-0.05, 0) is 6.42 Å². The maximum atomic E-state index is 12.4. The molecule has 0 aliphatic rings. The van der Waals surface area contributed by atoms with Crippen LogP contribution >= 0.6 is 0 Å². The number of nitrogens with zero attached hydrogens (tertiary/aromatic N) is 1. The van der Waals surface area contributed by atoms with Crippen molar-refractivity contribution < 1.29 is 29.4 Å². The van der Waals surface area contributed by atoms with Gasteiger partial charge in [-0.1, -0.05) is 103 Å². The quantitative estimate of drug-likeness (QED) is 0.118. The van der Waals surface area contributed by atoms with Gasteiger partial charge in [-0.2, -0.15) is 0 Å². The summed E-state index contributed by atoms with van der Waals surface area (Å²) in [7, 11) is 0. The first kappa shape index (κ1) is 49.6. The van der Waals surface area contributed by atoms with Gasteiger partial charge >= 0.3 is 11.9 Å². The number of carboxylic acid groups (broad SMARTS) is 2. The standard InChI is InChI=1S/C26H48N2O6.4Na/c1-2-3-4-5-6-7-8-9-10-11-12-13-14-15-16-17-20-28(24(30)19-18-23(27)29)22(26(33)34)21-25(31)32;;;;/h22H,2-21H2,1H3,(H2,27,29)(H,31,32)(H,33,34);;;;. The zero-order chi connectivity index (χ0) is 25.6. The molecule has 1 atom stereocenters. The van der Waals surface area contributed by atoms with Crippen molar-refractivity contribution in [2.75, 3.05) is 6.54 Å². The molecule has 0 fully saturated rings. The maximum Gasteiger partial charge on any atom is 0.327 e. The van der Waals surface area contributed by atoms with Crippen LogP contribution in [0.15, 0.2) is 0 Å². The van der Waals surface area contributed by atoms with E-state index in [0.717, 1.165) is 24.2 Å². The molecular weight excluding hydrogens is 528 g/mol. The molecule has 0 aromatic carbocycles. The Labute approximate surface area is 319 Å². The van der Waals surface area contributed by atoms with E-state index in [1.54, 1.807) is 0 Å². The molecule has 0 spiro atoms. The molecule has 8 nitrogen and oxygen atoms in total. The SMILES string of the molecule is CCCCCCCCCCCCCCCCCCN(C(=O)CCC(N)=O)C(CC(=O)O)C(=O)O.[Na].[Na].[Na].[Na]. The van der Waals surface area contributed by atoms with Gasteiger partial charge in [0.2, 0.25) is 11.8 Å². The largest absolute Gasteiger partial charge is 0.481 e. The van der Waals surface area contributed by atoms with Crippen LogP contribution < -0.4 is 5.73 Å². The van der Waals surface area contributed by atoms with Crippen molar-refractivity contribution in [1.29, 1.82) is 0 Å². The fraction of sp³-hybridized carbons (Fsp3) is 0.846. The van der Waals surface area contributed by atoms with E-state index < -0.39 is 36.2 Å². The Kier molecular flexibility index (Phi) is 45.7. The van der Waals surface area contributed by atoms with Crippen molar-refractivity contribution in [2.45, 2.75) is 135 Å². The van der Waals surface area contributed by atoms with Gasteiger partial charge in [0, 0.05) is 138 Å². The topological polar surface area (TPSA) is 138 Å². The fourth-order valence-corrected chi connectivity index (χ4v) is 4.15. The first-order valence-corrected chi connectivity index (χ1v) is 13.3. The Morgan fingerprint density at radius 2 is 1.00 bits per heavy atom. The predicted molar refractivity (Wildman–Crippen MR) is 156 cm³/mol. The molecule has 0 aliphatic heterocycles. The summed E-state index contributed by atoms with van der Waals surface area (Å²) in [5.41, 5.74) is 5.08. The van der Waals surface area contributed by atoms with Crippen LogP contribution in [0.1, 0.15) is 129 Å². The molecule has 4 radical (unpaired) electrons. The number of aliphatic carboxylic acids is 2. The fourth-order valence-electron chi connectivity index (χ4n) is 4.15. The first-order chi connectivity index (χ1) is 16.3. The number of nitrogens with two attached hydrogens (primary N) is 1. The summed E-state index contributed by atoms with van der Waals surface area (Å²) in [6.45, 7) is 2.41. The molecule has 12 heteroatoms.